The highest BCUT2D eigenvalue weighted by atomic mass is 35.5. The molecule has 0 bridgehead atoms. The van der Waals surface area contributed by atoms with E-state index < -0.39 is 0 Å². The molecule has 0 heterocycles. The molecule has 0 atom stereocenters. The molecular formula is C23H22ClNO3. The zero-order valence-corrected chi connectivity index (χ0v) is 16.8. The highest BCUT2D eigenvalue weighted by molar-refractivity contribution is 6.30. The van der Waals surface area contributed by atoms with Gasteiger partial charge in [-0.3, -0.25) is 4.79 Å². The number of aryl methyl sites for hydroxylation is 2. The number of anilines is 1. The van der Waals surface area contributed by atoms with Crippen LogP contribution in [0.3, 0.4) is 0 Å². The molecule has 1 N–H and O–H groups in total. The van der Waals surface area contributed by atoms with Gasteiger partial charge in [-0.25, -0.2) is 0 Å². The van der Waals surface area contributed by atoms with E-state index in [4.69, 9.17) is 21.1 Å². The topological polar surface area (TPSA) is 47.6 Å². The Kier molecular flexibility index (Phi) is 6.22. The Morgan fingerprint density at radius 2 is 1.75 bits per heavy atom. The number of rotatable bonds is 6. The van der Waals surface area contributed by atoms with Crippen LogP contribution >= 0.6 is 11.6 Å². The van der Waals surface area contributed by atoms with E-state index in [1.54, 1.807) is 49.6 Å². The molecule has 4 nitrogen and oxygen atoms in total. The molecule has 0 saturated carbocycles. The van der Waals surface area contributed by atoms with Gasteiger partial charge in [0, 0.05) is 21.8 Å². The summed E-state index contributed by atoms with van der Waals surface area (Å²) in [4.78, 5) is 12.7. The van der Waals surface area contributed by atoms with Crippen molar-refractivity contribution in [1.29, 1.82) is 0 Å². The maximum Gasteiger partial charge on any atom is 0.255 e. The van der Waals surface area contributed by atoms with E-state index in [1.165, 1.54) is 0 Å². The molecule has 0 aliphatic heterocycles. The second-order valence-corrected chi connectivity index (χ2v) is 6.98. The fraction of sp³-hybridized carbons (Fsp3) is 0.174. The standard InChI is InChI=1S/C23H22ClNO3/c1-15-4-5-16(2)21(12-15)25-23(26)17-6-11-22(27-3)18(13-17)14-28-20-9-7-19(24)8-10-20/h4-13H,14H2,1-3H3,(H,25,26). The van der Waals surface area contributed by atoms with Crippen molar-refractivity contribution in [3.8, 4) is 11.5 Å². The van der Waals surface area contributed by atoms with Crippen LogP contribution in [0.4, 0.5) is 5.69 Å². The number of hydrogen-bond acceptors (Lipinski definition) is 3. The maximum atomic E-state index is 12.7. The molecule has 0 spiro atoms. The minimum atomic E-state index is -0.177. The van der Waals surface area contributed by atoms with E-state index >= 15 is 0 Å². The van der Waals surface area contributed by atoms with E-state index in [2.05, 4.69) is 5.32 Å². The van der Waals surface area contributed by atoms with Crippen molar-refractivity contribution < 1.29 is 14.3 Å². The lowest BCUT2D eigenvalue weighted by molar-refractivity contribution is 0.102. The Balaban J connectivity index is 1.78. The largest absolute Gasteiger partial charge is 0.496 e. The first kappa shape index (κ1) is 19.8. The van der Waals surface area contributed by atoms with Crippen LogP contribution in [0, 0.1) is 13.8 Å². The van der Waals surface area contributed by atoms with Gasteiger partial charge < -0.3 is 14.8 Å². The van der Waals surface area contributed by atoms with Crippen molar-refractivity contribution in [2.24, 2.45) is 0 Å². The summed E-state index contributed by atoms with van der Waals surface area (Å²) in [6.07, 6.45) is 0. The average molecular weight is 396 g/mol. The minimum absolute atomic E-state index is 0.177. The first-order chi connectivity index (χ1) is 13.5. The van der Waals surface area contributed by atoms with E-state index in [0.29, 0.717) is 22.1 Å². The van der Waals surface area contributed by atoms with Gasteiger partial charge in [0.05, 0.1) is 7.11 Å². The Morgan fingerprint density at radius 3 is 2.46 bits per heavy atom. The summed E-state index contributed by atoms with van der Waals surface area (Å²) in [6.45, 7) is 4.23. The second-order valence-electron chi connectivity index (χ2n) is 6.54. The lowest BCUT2D eigenvalue weighted by Gasteiger charge is -2.13. The van der Waals surface area contributed by atoms with Gasteiger partial charge in [-0.2, -0.15) is 0 Å². The number of carbonyl (C=O) groups excluding carboxylic acids is 1. The van der Waals surface area contributed by atoms with Gasteiger partial charge >= 0.3 is 0 Å². The van der Waals surface area contributed by atoms with Gasteiger partial charge in [0.1, 0.15) is 18.1 Å². The molecular weight excluding hydrogens is 374 g/mol. The van der Waals surface area contributed by atoms with Crippen LogP contribution in [0.1, 0.15) is 27.0 Å². The summed E-state index contributed by atoms with van der Waals surface area (Å²) >= 11 is 5.90. The molecule has 1 amide bonds. The molecule has 3 aromatic rings. The molecule has 0 aliphatic carbocycles. The van der Waals surface area contributed by atoms with Crippen LogP contribution < -0.4 is 14.8 Å². The lowest BCUT2D eigenvalue weighted by Crippen LogP contribution is -2.13. The van der Waals surface area contributed by atoms with E-state index in [0.717, 1.165) is 22.4 Å². The number of ether oxygens (including phenoxy) is 2. The number of amides is 1. The van der Waals surface area contributed by atoms with Gasteiger partial charge in [-0.05, 0) is 73.5 Å². The van der Waals surface area contributed by atoms with Crippen molar-refractivity contribution in [2.45, 2.75) is 20.5 Å². The predicted octanol–water partition coefficient (Wildman–Crippen LogP) is 5.80. The van der Waals surface area contributed by atoms with Crippen molar-refractivity contribution in [2.75, 3.05) is 12.4 Å². The molecule has 3 aromatic carbocycles. The first-order valence-corrected chi connectivity index (χ1v) is 9.28. The summed E-state index contributed by atoms with van der Waals surface area (Å²) in [6, 6.07) is 18.4. The van der Waals surface area contributed by atoms with Crippen LogP contribution in [0.5, 0.6) is 11.5 Å². The Hall–Kier alpha value is -2.98. The van der Waals surface area contributed by atoms with Crippen LogP contribution in [0.15, 0.2) is 60.7 Å². The van der Waals surface area contributed by atoms with Crippen LogP contribution in [-0.4, -0.2) is 13.0 Å². The molecule has 28 heavy (non-hydrogen) atoms. The molecule has 5 heteroatoms. The number of halogens is 1. The van der Waals surface area contributed by atoms with Gasteiger partial charge in [0.15, 0.2) is 0 Å². The van der Waals surface area contributed by atoms with Gasteiger partial charge in [-0.1, -0.05) is 23.7 Å². The fourth-order valence-electron chi connectivity index (χ4n) is 2.79. The lowest BCUT2D eigenvalue weighted by atomic mass is 10.1. The monoisotopic (exact) mass is 395 g/mol. The number of nitrogens with one attached hydrogen (secondary N) is 1. The number of hydrogen-bond donors (Lipinski definition) is 1. The molecule has 144 valence electrons. The predicted molar refractivity (Wildman–Crippen MR) is 113 cm³/mol. The van der Waals surface area contributed by atoms with Crippen molar-refractivity contribution in [1.82, 2.24) is 0 Å². The Labute approximate surface area is 170 Å². The maximum absolute atomic E-state index is 12.7. The summed E-state index contributed by atoms with van der Waals surface area (Å²) in [5.74, 6) is 1.18. The smallest absolute Gasteiger partial charge is 0.255 e. The molecule has 0 saturated heterocycles. The summed E-state index contributed by atoms with van der Waals surface area (Å²) < 4.78 is 11.2. The first-order valence-electron chi connectivity index (χ1n) is 8.90. The highest BCUT2D eigenvalue weighted by Crippen LogP contribution is 2.24. The number of methoxy groups -OCH3 is 1. The highest BCUT2D eigenvalue weighted by Gasteiger charge is 2.12. The molecule has 0 radical (unpaired) electrons. The Bertz CT molecular complexity index is 984. The van der Waals surface area contributed by atoms with Crippen LogP contribution in [0.2, 0.25) is 5.02 Å². The summed E-state index contributed by atoms with van der Waals surface area (Å²) in [7, 11) is 1.59. The van der Waals surface area contributed by atoms with E-state index in [9.17, 15) is 4.79 Å². The minimum Gasteiger partial charge on any atom is -0.496 e. The van der Waals surface area contributed by atoms with Crippen LogP contribution in [-0.2, 0) is 6.61 Å². The van der Waals surface area contributed by atoms with Gasteiger partial charge in [0.25, 0.3) is 5.91 Å². The quantitative estimate of drug-likeness (QED) is 0.574. The van der Waals surface area contributed by atoms with Crippen molar-refractivity contribution >= 4 is 23.2 Å². The van der Waals surface area contributed by atoms with Gasteiger partial charge in [0.2, 0.25) is 0 Å². The van der Waals surface area contributed by atoms with E-state index in [-0.39, 0.29) is 12.5 Å². The summed E-state index contributed by atoms with van der Waals surface area (Å²) in [5, 5.41) is 3.62. The molecule has 0 unspecified atom stereocenters. The SMILES string of the molecule is COc1ccc(C(=O)Nc2cc(C)ccc2C)cc1COc1ccc(Cl)cc1. The molecule has 3 rings (SSSR count). The van der Waals surface area contributed by atoms with Crippen molar-refractivity contribution in [3.05, 3.63) is 87.9 Å². The molecule has 0 aliphatic rings. The zero-order valence-electron chi connectivity index (χ0n) is 16.1. The third-order valence-electron chi connectivity index (χ3n) is 4.39. The summed E-state index contributed by atoms with van der Waals surface area (Å²) in [5.41, 5.74) is 4.23. The third-order valence-corrected chi connectivity index (χ3v) is 4.64. The van der Waals surface area contributed by atoms with E-state index in [1.807, 2.05) is 32.0 Å². The molecule has 0 aromatic heterocycles. The van der Waals surface area contributed by atoms with Crippen molar-refractivity contribution in [3.63, 3.8) is 0 Å². The number of benzene rings is 3. The third kappa shape index (κ3) is 4.84. The zero-order chi connectivity index (χ0) is 20.1. The molecule has 0 fully saturated rings. The second kappa shape index (κ2) is 8.81. The normalized spacial score (nSPS) is 10.4. The Morgan fingerprint density at radius 1 is 1.00 bits per heavy atom. The fourth-order valence-corrected chi connectivity index (χ4v) is 2.92. The van der Waals surface area contributed by atoms with Gasteiger partial charge in [-0.15, -0.1) is 0 Å². The average Bonchev–Trinajstić information content (AvgIpc) is 2.70. The van der Waals surface area contributed by atoms with Crippen LogP contribution in [0.25, 0.3) is 0 Å². The number of carbonyl (C=O) groups is 1.